The zero-order valence-corrected chi connectivity index (χ0v) is 10.6. The van der Waals surface area contributed by atoms with Crippen molar-refractivity contribution in [1.82, 2.24) is 10.3 Å². The summed E-state index contributed by atoms with van der Waals surface area (Å²) in [5.74, 6) is 0. The summed E-state index contributed by atoms with van der Waals surface area (Å²) < 4.78 is 5.17. The van der Waals surface area contributed by atoms with Gasteiger partial charge in [-0.1, -0.05) is 0 Å². The van der Waals surface area contributed by atoms with Crippen molar-refractivity contribution in [2.24, 2.45) is 5.73 Å². The second-order valence-corrected chi connectivity index (χ2v) is 4.98. The molecule has 0 aromatic carbocycles. The van der Waals surface area contributed by atoms with Crippen molar-refractivity contribution in [3.05, 3.63) is 24.0 Å². The van der Waals surface area contributed by atoms with Crippen LogP contribution in [0.15, 0.2) is 18.3 Å². The SMILES string of the molecule is CC(C)(C)OC(=O)NC(CN)Cc1ccc[nH]1. The second-order valence-electron chi connectivity index (χ2n) is 4.98. The van der Waals surface area contributed by atoms with Gasteiger partial charge in [0.25, 0.3) is 0 Å². The molecular weight excluding hydrogens is 218 g/mol. The molecule has 0 aliphatic heterocycles. The highest BCUT2D eigenvalue weighted by Crippen LogP contribution is 2.07. The Hall–Kier alpha value is -1.49. The third-order valence-corrected chi connectivity index (χ3v) is 2.13. The summed E-state index contributed by atoms with van der Waals surface area (Å²) in [6.45, 7) is 5.86. The number of alkyl carbamates (subject to hydrolysis) is 1. The second kappa shape index (κ2) is 5.72. The molecule has 1 rings (SSSR count). The summed E-state index contributed by atoms with van der Waals surface area (Å²) in [5.41, 5.74) is 6.17. The maximum Gasteiger partial charge on any atom is 0.407 e. The van der Waals surface area contributed by atoms with Gasteiger partial charge in [0, 0.05) is 30.9 Å². The van der Waals surface area contributed by atoms with E-state index in [0.717, 1.165) is 5.69 Å². The van der Waals surface area contributed by atoms with Crippen LogP contribution in [-0.4, -0.2) is 29.3 Å². The molecule has 0 fully saturated rings. The highest BCUT2D eigenvalue weighted by Gasteiger charge is 2.19. The number of carbonyl (C=O) groups is 1. The summed E-state index contributed by atoms with van der Waals surface area (Å²) in [7, 11) is 0. The van der Waals surface area contributed by atoms with Crippen LogP contribution in [0.2, 0.25) is 0 Å². The number of ether oxygens (including phenoxy) is 1. The van der Waals surface area contributed by atoms with E-state index in [4.69, 9.17) is 10.5 Å². The third-order valence-electron chi connectivity index (χ3n) is 2.13. The Balaban J connectivity index is 2.44. The molecule has 1 amide bonds. The molecule has 0 saturated heterocycles. The minimum Gasteiger partial charge on any atom is -0.444 e. The maximum absolute atomic E-state index is 11.6. The molecule has 5 nitrogen and oxygen atoms in total. The quantitative estimate of drug-likeness (QED) is 0.743. The first kappa shape index (κ1) is 13.6. The Bertz CT molecular complexity index is 341. The number of rotatable bonds is 4. The Kier molecular flexibility index (Phi) is 4.57. The summed E-state index contributed by atoms with van der Waals surface area (Å²) in [5, 5.41) is 2.76. The first-order valence-corrected chi connectivity index (χ1v) is 5.72. The lowest BCUT2D eigenvalue weighted by Gasteiger charge is -2.22. The van der Waals surface area contributed by atoms with Crippen LogP contribution in [0.25, 0.3) is 0 Å². The van der Waals surface area contributed by atoms with E-state index in [0.29, 0.717) is 13.0 Å². The number of hydrogen-bond acceptors (Lipinski definition) is 3. The molecule has 0 spiro atoms. The molecular formula is C12H21N3O2. The topological polar surface area (TPSA) is 80.1 Å². The van der Waals surface area contributed by atoms with E-state index in [9.17, 15) is 4.79 Å². The summed E-state index contributed by atoms with van der Waals surface area (Å²) in [6, 6.07) is 3.75. The molecule has 1 aromatic heterocycles. The van der Waals surface area contributed by atoms with Crippen LogP contribution in [0, 0.1) is 0 Å². The van der Waals surface area contributed by atoms with Gasteiger partial charge in [-0.2, -0.15) is 0 Å². The Morgan fingerprint density at radius 3 is 2.76 bits per heavy atom. The number of aromatic nitrogens is 1. The maximum atomic E-state index is 11.6. The number of amides is 1. The molecule has 96 valence electrons. The van der Waals surface area contributed by atoms with Gasteiger partial charge in [0.05, 0.1) is 0 Å². The molecule has 1 unspecified atom stereocenters. The average molecular weight is 239 g/mol. The first-order chi connectivity index (χ1) is 7.90. The average Bonchev–Trinajstić information content (AvgIpc) is 2.66. The standard InChI is InChI=1S/C12H21N3O2/c1-12(2,3)17-11(16)15-10(8-13)7-9-5-4-6-14-9/h4-6,10,14H,7-8,13H2,1-3H3,(H,15,16). The van der Waals surface area contributed by atoms with Crippen LogP contribution in [0.3, 0.4) is 0 Å². The highest BCUT2D eigenvalue weighted by molar-refractivity contribution is 5.68. The number of hydrogen-bond donors (Lipinski definition) is 3. The van der Waals surface area contributed by atoms with E-state index < -0.39 is 11.7 Å². The van der Waals surface area contributed by atoms with Gasteiger partial charge in [0.15, 0.2) is 0 Å². The smallest absolute Gasteiger partial charge is 0.407 e. The number of carbonyl (C=O) groups excluding carboxylic acids is 1. The van der Waals surface area contributed by atoms with E-state index in [1.807, 2.05) is 39.1 Å². The molecule has 1 atom stereocenters. The predicted molar refractivity (Wildman–Crippen MR) is 66.7 cm³/mol. The highest BCUT2D eigenvalue weighted by atomic mass is 16.6. The van der Waals surface area contributed by atoms with E-state index in [1.165, 1.54) is 0 Å². The molecule has 5 heteroatoms. The molecule has 17 heavy (non-hydrogen) atoms. The zero-order chi connectivity index (χ0) is 12.9. The fourth-order valence-corrected chi connectivity index (χ4v) is 1.43. The van der Waals surface area contributed by atoms with Crippen LogP contribution >= 0.6 is 0 Å². The number of nitrogens with two attached hydrogens (primary N) is 1. The van der Waals surface area contributed by atoms with Crippen molar-refractivity contribution >= 4 is 6.09 Å². The van der Waals surface area contributed by atoms with Crippen LogP contribution in [0.5, 0.6) is 0 Å². The van der Waals surface area contributed by atoms with Crippen LogP contribution < -0.4 is 11.1 Å². The normalized spacial score (nSPS) is 13.2. The monoisotopic (exact) mass is 239 g/mol. The number of H-pyrrole nitrogens is 1. The van der Waals surface area contributed by atoms with E-state index in [-0.39, 0.29) is 6.04 Å². The first-order valence-electron chi connectivity index (χ1n) is 5.72. The van der Waals surface area contributed by atoms with Gasteiger partial charge in [0.2, 0.25) is 0 Å². The van der Waals surface area contributed by atoms with Gasteiger partial charge in [-0.3, -0.25) is 0 Å². The Labute approximate surface area is 102 Å². The Morgan fingerprint density at radius 1 is 1.59 bits per heavy atom. The van der Waals surface area contributed by atoms with Crippen LogP contribution in [0.1, 0.15) is 26.5 Å². The van der Waals surface area contributed by atoms with Gasteiger partial charge in [0.1, 0.15) is 5.60 Å². The van der Waals surface area contributed by atoms with Crippen molar-refractivity contribution in [2.45, 2.75) is 38.8 Å². The lowest BCUT2D eigenvalue weighted by molar-refractivity contribution is 0.0506. The lowest BCUT2D eigenvalue weighted by atomic mass is 10.1. The van der Waals surface area contributed by atoms with Gasteiger partial charge in [-0.25, -0.2) is 4.79 Å². The predicted octanol–water partition coefficient (Wildman–Crippen LogP) is 1.41. The molecule has 1 heterocycles. The van der Waals surface area contributed by atoms with Crippen molar-refractivity contribution < 1.29 is 9.53 Å². The van der Waals surface area contributed by atoms with E-state index in [1.54, 1.807) is 0 Å². The fraction of sp³-hybridized carbons (Fsp3) is 0.583. The largest absolute Gasteiger partial charge is 0.444 e. The van der Waals surface area contributed by atoms with Gasteiger partial charge in [-0.05, 0) is 32.9 Å². The van der Waals surface area contributed by atoms with Crippen molar-refractivity contribution in [3.63, 3.8) is 0 Å². The summed E-state index contributed by atoms with van der Waals surface area (Å²) in [4.78, 5) is 14.6. The summed E-state index contributed by atoms with van der Waals surface area (Å²) >= 11 is 0. The zero-order valence-electron chi connectivity index (χ0n) is 10.6. The van der Waals surface area contributed by atoms with Crippen molar-refractivity contribution in [1.29, 1.82) is 0 Å². The van der Waals surface area contributed by atoms with Crippen molar-refractivity contribution in [3.8, 4) is 0 Å². The van der Waals surface area contributed by atoms with Gasteiger partial charge in [-0.15, -0.1) is 0 Å². The molecule has 0 radical (unpaired) electrons. The molecule has 0 saturated carbocycles. The minimum atomic E-state index is -0.490. The van der Waals surface area contributed by atoms with Crippen LogP contribution in [0.4, 0.5) is 4.79 Å². The molecule has 4 N–H and O–H groups in total. The lowest BCUT2D eigenvalue weighted by Crippen LogP contribution is -2.44. The molecule has 1 aromatic rings. The molecule has 0 aliphatic rings. The Morgan fingerprint density at radius 2 is 2.29 bits per heavy atom. The summed E-state index contributed by atoms with van der Waals surface area (Å²) in [6.07, 6.45) is 2.08. The number of nitrogens with one attached hydrogen (secondary N) is 2. The minimum absolute atomic E-state index is 0.122. The van der Waals surface area contributed by atoms with E-state index in [2.05, 4.69) is 10.3 Å². The number of aromatic amines is 1. The molecule has 0 bridgehead atoms. The third kappa shape index (κ3) is 5.40. The van der Waals surface area contributed by atoms with Crippen LogP contribution in [-0.2, 0) is 11.2 Å². The van der Waals surface area contributed by atoms with Crippen molar-refractivity contribution in [2.75, 3.05) is 6.54 Å². The van der Waals surface area contributed by atoms with E-state index >= 15 is 0 Å². The van der Waals surface area contributed by atoms with Gasteiger partial charge >= 0.3 is 6.09 Å². The fourth-order valence-electron chi connectivity index (χ4n) is 1.43. The molecule has 0 aliphatic carbocycles. The van der Waals surface area contributed by atoms with Gasteiger partial charge < -0.3 is 20.8 Å².